The molecular formula is C14H21NO. The topological polar surface area (TPSA) is 20.3 Å². The molecule has 1 atom stereocenters. The van der Waals surface area contributed by atoms with E-state index in [1.165, 1.54) is 5.56 Å². The third kappa shape index (κ3) is 3.46. The van der Waals surface area contributed by atoms with Crippen molar-refractivity contribution < 1.29 is 4.79 Å². The van der Waals surface area contributed by atoms with Gasteiger partial charge in [0, 0.05) is 11.6 Å². The maximum Gasteiger partial charge on any atom is 0.176 e. The molecule has 0 N–H and O–H groups in total. The second-order valence-electron chi connectivity index (χ2n) is 4.46. The SMILES string of the molecule is CCC(C)N(C)CC(=O)c1ccc(C)cc1. The molecule has 1 aromatic carbocycles. The van der Waals surface area contributed by atoms with E-state index in [0.29, 0.717) is 12.6 Å². The van der Waals surface area contributed by atoms with E-state index in [-0.39, 0.29) is 5.78 Å². The van der Waals surface area contributed by atoms with Crippen LogP contribution in [0.5, 0.6) is 0 Å². The van der Waals surface area contributed by atoms with E-state index in [0.717, 1.165) is 12.0 Å². The van der Waals surface area contributed by atoms with Gasteiger partial charge in [-0.25, -0.2) is 0 Å². The normalized spacial score (nSPS) is 12.8. The summed E-state index contributed by atoms with van der Waals surface area (Å²) in [5, 5.41) is 0. The molecule has 88 valence electrons. The molecule has 0 aliphatic carbocycles. The van der Waals surface area contributed by atoms with Crippen molar-refractivity contribution in [3.63, 3.8) is 0 Å². The molecule has 1 aromatic rings. The number of nitrogens with zero attached hydrogens (tertiary/aromatic N) is 1. The lowest BCUT2D eigenvalue weighted by atomic mass is 10.1. The number of rotatable bonds is 5. The van der Waals surface area contributed by atoms with Crippen molar-refractivity contribution in [2.45, 2.75) is 33.2 Å². The molecule has 0 radical (unpaired) electrons. The molecule has 16 heavy (non-hydrogen) atoms. The predicted octanol–water partition coefficient (Wildman–Crippen LogP) is 2.91. The van der Waals surface area contributed by atoms with Crippen molar-refractivity contribution in [1.82, 2.24) is 4.90 Å². The first-order valence-corrected chi connectivity index (χ1v) is 5.84. The highest BCUT2D eigenvalue weighted by Crippen LogP contribution is 2.07. The second-order valence-corrected chi connectivity index (χ2v) is 4.46. The summed E-state index contributed by atoms with van der Waals surface area (Å²) in [6, 6.07) is 8.23. The maximum absolute atomic E-state index is 11.9. The zero-order valence-corrected chi connectivity index (χ0v) is 10.7. The Morgan fingerprint density at radius 2 is 1.88 bits per heavy atom. The number of benzene rings is 1. The minimum Gasteiger partial charge on any atom is -0.296 e. The lowest BCUT2D eigenvalue weighted by Crippen LogP contribution is -2.33. The molecule has 0 heterocycles. The molecular weight excluding hydrogens is 198 g/mol. The van der Waals surface area contributed by atoms with Crippen LogP contribution in [0, 0.1) is 6.92 Å². The second kappa shape index (κ2) is 5.80. The van der Waals surface area contributed by atoms with Crippen molar-refractivity contribution in [3.8, 4) is 0 Å². The summed E-state index contributed by atoms with van der Waals surface area (Å²) in [5.74, 6) is 0.197. The maximum atomic E-state index is 11.9. The van der Waals surface area contributed by atoms with Gasteiger partial charge < -0.3 is 0 Å². The summed E-state index contributed by atoms with van der Waals surface area (Å²) in [4.78, 5) is 14.0. The van der Waals surface area contributed by atoms with E-state index in [4.69, 9.17) is 0 Å². The number of carbonyl (C=O) groups is 1. The molecule has 2 heteroatoms. The fraction of sp³-hybridized carbons (Fsp3) is 0.500. The van der Waals surface area contributed by atoms with E-state index < -0.39 is 0 Å². The number of hydrogen-bond acceptors (Lipinski definition) is 2. The fourth-order valence-corrected chi connectivity index (χ4v) is 1.52. The highest BCUT2D eigenvalue weighted by molar-refractivity contribution is 5.97. The number of hydrogen-bond donors (Lipinski definition) is 0. The van der Waals surface area contributed by atoms with Crippen LogP contribution in [0.4, 0.5) is 0 Å². The van der Waals surface area contributed by atoms with Gasteiger partial charge in [0.25, 0.3) is 0 Å². The predicted molar refractivity (Wildman–Crippen MR) is 67.9 cm³/mol. The zero-order valence-electron chi connectivity index (χ0n) is 10.7. The van der Waals surface area contributed by atoms with E-state index in [9.17, 15) is 4.79 Å². The van der Waals surface area contributed by atoms with E-state index in [2.05, 4.69) is 18.7 Å². The summed E-state index contributed by atoms with van der Waals surface area (Å²) in [5.41, 5.74) is 1.99. The van der Waals surface area contributed by atoms with Crippen LogP contribution in [0.2, 0.25) is 0 Å². The Labute approximate surface area is 98.3 Å². The van der Waals surface area contributed by atoms with Gasteiger partial charge in [0.05, 0.1) is 6.54 Å². The molecule has 1 rings (SSSR count). The Hall–Kier alpha value is -1.15. The van der Waals surface area contributed by atoms with Crippen LogP contribution >= 0.6 is 0 Å². The molecule has 0 fully saturated rings. The van der Waals surface area contributed by atoms with Crippen LogP contribution in [-0.4, -0.2) is 30.3 Å². The Bertz CT molecular complexity index is 342. The third-order valence-corrected chi connectivity index (χ3v) is 3.11. The highest BCUT2D eigenvalue weighted by atomic mass is 16.1. The molecule has 0 saturated heterocycles. The summed E-state index contributed by atoms with van der Waals surface area (Å²) >= 11 is 0. The van der Waals surface area contributed by atoms with Gasteiger partial charge >= 0.3 is 0 Å². The minimum absolute atomic E-state index is 0.197. The number of carbonyl (C=O) groups excluding carboxylic acids is 1. The zero-order chi connectivity index (χ0) is 12.1. The molecule has 0 bridgehead atoms. The van der Waals surface area contributed by atoms with E-state index >= 15 is 0 Å². The van der Waals surface area contributed by atoms with Crippen LogP contribution in [0.3, 0.4) is 0 Å². The van der Waals surface area contributed by atoms with Crippen LogP contribution < -0.4 is 0 Å². The van der Waals surface area contributed by atoms with Gasteiger partial charge in [-0.2, -0.15) is 0 Å². The lowest BCUT2D eigenvalue weighted by molar-refractivity contribution is 0.0923. The quantitative estimate of drug-likeness (QED) is 0.710. The summed E-state index contributed by atoms with van der Waals surface area (Å²) in [6.07, 6.45) is 1.07. The Morgan fingerprint density at radius 3 is 2.38 bits per heavy atom. The lowest BCUT2D eigenvalue weighted by Gasteiger charge is -2.22. The number of likely N-dealkylation sites (N-methyl/N-ethyl adjacent to an activating group) is 1. The number of Topliss-reactive ketones (excluding diaryl/α,β-unsaturated/α-hetero) is 1. The monoisotopic (exact) mass is 219 g/mol. The summed E-state index contributed by atoms with van der Waals surface area (Å²) in [7, 11) is 2.00. The molecule has 0 aliphatic rings. The van der Waals surface area contributed by atoms with Gasteiger partial charge in [-0.05, 0) is 27.3 Å². The van der Waals surface area contributed by atoms with Crippen molar-refractivity contribution in [3.05, 3.63) is 35.4 Å². The Kier molecular flexibility index (Phi) is 4.69. The van der Waals surface area contributed by atoms with Gasteiger partial charge in [-0.1, -0.05) is 36.8 Å². The average Bonchev–Trinajstić information content (AvgIpc) is 2.28. The molecule has 0 aliphatic heterocycles. The van der Waals surface area contributed by atoms with E-state index in [1.54, 1.807) is 0 Å². The van der Waals surface area contributed by atoms with Crippen molar-refractivity contribution >= 4 is 5.78 Å². The van der Waals surface area contributed by atoms with Crippen LogP contribution in [-0.2, 0) is 0 Å². The molecule has 1 unspecified atom stereocenters. The highest BCUT2D eigenvalue weighted by Gasteiger charge is 2.12. The Balaban J connectivity index is 2.62. The van der Waals surface area contributed by atoms with Crippen molar-refractivity contribution in [2.75, 3.05) is 13.6 Å². The summed E-state index contributed by atoms with van der Waals surface area (Å²) < 4.78 is 0. The minimum atomic E-state index is 0.197. The van der Waals surface area contributed by atoms with Crippen LogP contribution in [0.1, 0.15) is 36.2 Å². The first kappa shape index (κ1) is 12.9. The number of aryl methyl sites for hydroxylation is 1. The summed E-state index contributed by atoms with van der Waals surface area (Å²) in [6.45, 7) is 6.80. The van der Waals surface area contributed by atoms with Crippen LogP contribution in [0.15, 0.2) is 24.3 Å². The molecule has 0 aromatic heterocycles. The first-order chi connectivity index (χ1) is 7.54. The largest absolute Gasteiger partial charge is 0.296 e. The molecule has 0 amide bonds. The Morgan fingerprint density at radius 1 is 1.31 bits per heavy atom. The van der Waals surface area contributed by atoms with Crippen molar-refractivity contribution in [1.29, 1.82) is 0 Å². The average molecular weight is 219 g/mol. The van der Waals surface area contributed by atoms with E-state index in [1.807, 2.05) is 38.2 Å². The van der Waals surface area contributed by atoms with Gasteiger partial charge in [0.15, 0.2) is 5.78 Å². The third-order valence-electron chi connectivity index (χ3n) is 3.11. The van der Waals surface area contributed by atoms with Gasteiger partial charge in [0.2, 0.25) is 0 Å². The molecule has 0 spiro atoms. The molecule has 0 saturated carbocycles. The first-order valence-electron chi connectivity index (χ1n) is 5.84. The number of ketones is 1. The fourth-order valence-electron chi connectivity index (χ4n) is 1.52. The van der Waals surface area contributed by atoms with Crippen molar-refractivity contribution in [2.24, 2.45) is 0 Å². The van der Waals surface area contributed by atoms with Crippen LogP contribution in [0.25, 0.3) is 0 Å². The standard InChI is InChI=1S/C14H21NO/c1-5-12(3)15(4)10-14(16)13-8-6-11(2)7-9-13/h6-9,12H,5,10H2,1-4H3. The van der Waals surface area contributed by atoms with Gasteiger partial charge in [-0.15, -0.1) is 0 Å². The molecule has 2 nitrogen and oxygen atoms in total. The van der Waals surface area contributed by atoms with Gasteiger partial charge in [0.1, 0.15) is 0 Å². The smallest absolute Gasteiger partial charge is 0.176 e. The van der Waals surface area contributed by atoms with Gasteiger partial charge in [-0.3, -0.25) is 9.69 Å².